The normalized spacial score (nSPS) is 16.2. The van der Waals surface area contributed by atoms with Crippen molar-refractivity contribution in [2.75, 3.05) is 58.6 Å². The van der Waals surface area contributed by atoms with Crippen LogP contribution in [0.25, 0.3) is 23.1 Å². The second-order valence-electron chi connectivity index (χ2n) is 8.69. The van der Waals surface area contributed by atoms with Gasteiger partial charge in [0.1, 0.15) is 19.8 Å². The lowest BCUT2D eigenvalue weighted by Crippen LogP contribution is -2.35. The van der Waals surface area contributed by atoms with E-state index in [0.717, 1.165) is 22.0 Å². The van der Waals surface area contributed by atoms with Crippen LogP contribution in [0.3, 0.4) is 0 Å². The smallest absolute Gasteiger partial charge is 0.265 e. The number of fused-ring (bicyclic) bond motifs is 2. The van der Waals surface area contributed by atoms with Gasteiger partial charge in [-0.3, -0.25) is 4.55 Å². The number of nitrogens with zero attached hydrogens (tertiary/aromatic N) is 1. The molecule has 38 heavy (non-hydrogen) atoms. The quantitative estimate of drug-likeness (QED) is 0.372. The fraction of sp³-hybridized carbons (Fsp3) is 0.393. The Labute approximate surface area is 223 Å². The van der Waals surface area contributed by atoms with Crippen molar-refractivity contribution >= 4 is 33.2 Å². The molecule has 3 aromatic rings. The highest BCUT2D eigenvalue weighted by Crippen LogP contribution is 2.29. The molecule has 1 N–H and O–H groups in total. The molecule has 2 aromatic carbocycles. The van der Waals surface area contributed by atoms with Gasteiger partial charge in [-0.05, 0) is 29.3 Å². The van der Waals surface area contributed by atoms with Crippen molar-refractivity contribution in [1.82, 2.24) is 0 Å². The SMILES string of the molecule is O=S(=O)(O)CCC[n+]1ccc(/C=C/c2ccc3c(c2)OCCOCCOCCOCCO3)c2ccccc21. The Kier molecular flexibility index (Phi) is 10.5. The van der Waals surface area contributed by atoms with Gasteiger partial charge in [0.15, 0.2) is 17.7 Å². The van der Waals surface area contributed by atoms with Crippen LogP contribution in [0.15, 0.2) is 54.7 Å². The van der Waals surface area contributed by atoms with Gasteiger partial charge in [-0.1, -0.05) is 30.4 Å². The van der Waals surface area contributed by atoms with E-state index in [-0.39, 0.29) is 5.75 Å². The van der Waals surface area contributed by atoms with Gasteiger partial charge >= 0.3 is 0 Å². The average Bonchev–Trinajstić information content (AvgIpc) is 2.91. The number of aromatic nitrogens is 1. The Morgan fingerprint density at radius 1 is 0.789 bits per heavy atom. The fourth-order valence-electron chi connectivity index (χ4n) is 4.08. The molecule has 0 fully saturated rings. The Morgan fingerprint density at radius 2 is 1.45 bits per heavy atom. The number of para-hydroxylation sites is 1. The zero-order valence-electron chi connectivity index (χ0n) is 21.3. The monoisotopic (exact) mass is 544 g/mol. The van der Waals surface area contributed by atoms with Gasteiger partial charge in [0, 0.05) is 18.6 Å². The number of pyridine rings is 1. The van der Waals surface area contributed by atoms with E-state index in [1.165, 1.54) is 0 Å². The number of hydrogen-bond acceptors (Lipinski definition) is 7. The van der Waals surface area contributed by atoms with Crippen LogP contribution in [0.1, 0.15) is 17.5 Å². The van der Waals surface area contributed by atoms with Crippen molar-refractivity contribution in [3.05, 3.63) is 65.9 Å². The van der Waals surface area contributed by atoms with Crippen LogP contribution in [0.5, 0.6) is 11.5 Å². The first kappa shape index (κ1) is 28.0. The second-order valence-corrected chi connectivity index (χ2v) is 10.3. The first-order valence-electron chi connectivity index (χ1n) is 12.7. The van der Waals surface area contributed by atoms with E-state index in [2.05, 4.69) is 0 Å². The van der Waals surface area contributed by atoms with Crippen LogP contribution in [0, 0.1) is 0 Å². The summed E-state index contributed by atoms with van der Waals surface area (Å²) in [6.07, 6.45) is 6.31. The van der Waals surface area contributed by atoms with Gasteiger partial charge in [-0.15, -0.1) is 0 Å². The van der Waals surface area contributed by atoms with Crippen LogP contribution >= 0.6 is 0 Å². The van der Waals surface area contributed by atoms with Crippen molar-refractivity contribution < 1.29 is 41.2 Å². The lowest BCUT2D eigenvalue weighted by molar-refractivity contribution is -0.671. The lowest BCUT2D eigenvalue weighted by atomic mass is 10.1. The zero-order valence-corrected chi connectivity index (χ0v) is 22.1. The van der Waals surface area contributed by atoms with E-state index in [9.17, 15) is 8.42 Å². The maximum Gasteiger partial charge on any atom is 0.265 e. The molecule has 1 aromatic heterocycles. The zero-order chi connectivity index (χ0) is 26.6. The van der Waals surface area contributed by atoms with Gasteiger partial charge in [-0.2, -0.15) is 13.0 Å². The maximum atomic E-state index is 11.1. The first-order chi connectivity index (χ1) is 18.5. The predicted molar refractivity (Wildman–Crippen MR) is 144 cm³/mol. The van der Waals surface area contributed by atoms with Crippen LogP contribution in [-0.4, -0.2) is 71.6 Å². The van der Waals surface area contributed by atoms with E-state index in [1.54, 1.807) is 0 Å². The summed E-state index contributed by atoms with van der Waals surface area (Å²) in [5.74, 6) is 1.01. The molecular formula is C28H34NO8S+. The van der Waals surface area contributed by atoms with Crippen LogP contribution < -0.4 is 14.0 Å². The summed E-state index contributed by atoms with van der Waals surface area (Å²) in [5, 5.41) is 1.04. The summed E-state index contributed by atoms with van der Waals surface area (Å²) in [5.41, 5.74) is 2.95. The first-order valence-corrected chi connectivity index (χ1v) is 14.3. The third kappa shape index (κ3) is 8.78. The largest absolute Gasteiger partial charge is 0.487 e. The number of ether oxygens (including phenoxy) is 5. The van der Waals surface area contributed by atoms with Crippen molar-refractivity contribution in [3.63, 3.8) is 0 Å². The Hall–Kier alpha value is -3.02. The fourth-order valence-corrected chi connectivity index (χ4v) is 4.57. The molecule has 1 aliphatic rings. The van der Waals surface area contributed by atoms with Crippen molar-refractivity contribution in [2.45, 2.75) is 13.0 Å². The third-order valence-electron chi connectivity index (χ3n) is 5.90. The minimum absolute atomic E-state index is 0.270. The summed E-state index contributed by atoms with van der Waals surface area (Å²) >= 11 is 0. The van der Waals surface area contributed by atoms with Gasteiger partial charge in [0.05, 0.1) is 50.8 Å². The van der Waals surface area contributed by atoms with Gasteiger partial charge in [-0.25, -0.2) is 0 Å². The topological polar surface area (TPSA) is 104 Å². The molecule has 2 heterocycles. The second kappa shape index (κ2) is 14.2. The van der Waals surface area contributed by atoms with Gasteiger partial charge in [0.25, 0.3) is 10.1 Å². The van der Waals surface area contributed by atoms with E-state index in [1.807, 2.05) is 71.4 Å². The van der Waals surface area contributed by atoms with Gasteiger partial charge < -0.3 is 23.7 Å². The Morgan fingerprint density at radius 3 is 2.16 bits per heavy atom. The molecule has 0 bridgehead atoms. The summed E-state index contributed by atoms with van der Waals surface area (Å²) in [6, 6.07) is 15.7. The number of rotatable bonds is 6. The van der Waals surface area contributed by atoms with Gasteiger partial charge in [0.2, 0.25) is 5.52 Å². The highest BCUT2D eigenvalue weighted by molar-refractivity contribution is 7.85. The van der Waals surface area contributed by atoms with Crippen LogP contribution in [0.4, 0.5) is 0 Å². The standard InChI is InChI=1S/C28H33NO8S/c30-38(31,32)21-3-11-29-12-10-24(25-4-1-2-5-26(25)29)8-6-23-7-9-27-28(22-23)37-20-18-35-16-14-33-13-15-34-17-19-36-27/h1-2,4-10,12,22H,3,11,13-21H2/p+1/b8-6+. The summed E-state index contributed by atoms with van der Waals surface area (Å²) in [4.78, 5) is 0. The molecule has 1 aliphatic heterocycles. The van der Waals surface area contributed by atoms with Crippen molar-refractivity contribution in [1.29, 1.82) is 0 Å². The molecule has 0 saturated heterocycles. The van der Waals surface area contributed by atoms with Crippen molar-refractivity contribution in [2.24, 2.45) is 0 Å². The summed E-state index contributed by atoms with van der Waals surface area (Å²) < 4.78 is 61.6. The molecular weight excluding hydrogens is 510 g/mol. The average molecular weight is 545 g/mol. The molecule has 0 spiro atoms. The molecule has 9 nitrogen and oxygen atoms in total. The molecule has 204 valence electrons. The summed E-state index contributed by atoms with van der Waals surface area (Å²) in [6.45, 7) is 4.23. The van der Waals surface area contributed by atoms with E-state index in [0.29, 0.717) is 77.3 Å². The van der Waals surface area contributed by atoms with E-state index < -0.39 is 10.1 Å². The molecule has 10 heteroatoms. The number of hydrogen-bond donors (Lipinski definition) is 1. The predicted octanol–water partition coefficient (Wildman–Crippen LogP) is 3.40. The molecule has 0 atom stereocenters. The lowest BCUT2D eigenvalue weighted by Gasteiger charge is -2.13. The van der Waals surface area contributed by atoms with Crippen LogP contribution in [-0.2, 0) is 30.9 Å². The molecule has 0 aliphatic carbocycles. The highest BCUT2D eigenvalue weighted by atomic mass is 32.2. The third-order valence-corrected chi connectivity index (χ3v) is 6.70. The minimum Gasteiger partial charge on any atom is -0.487 e. The minimum atomic E-state index is -3.98. The number of benzene rings is 2. The molecule has 0 amide bonds. The Balaban J connectivity index is 1.50. The van der Waals surface area contributed by atoms with E-state index >= 15 is 0 Å². The maximum absolute atomic E-state index is 11.1. The molecule has 0 radical (unpaired) electrons. The Bertz CT molecular complexity index is 1330. The molecule has 4 rings (SSSR count). The van der Waals surface area contributed by atoms with E-state index in [4.69, 9.17) is 28.2 Å². The molecule has 0 unspecified atom stereocenters. The van der Waals surface area contributed by atoms with Crippen LogP contribution in [0.2, 0.25) is 0 Å². The van der Waals surface area contributed by atoms with Crippen molar-refractivity contribution in [3.8, 4) is 11.5 Å². The highest BCUT2D eigenvalue weighted by Gasteiger charge is 2.13. The number of aryl methyl sites for hydroxylation is 1. The summed E-state index contributed by atoms with van der Waals surface area (Å²) in [7, 11) is -3.98. The molecule has 0 saturated carbocycles.